The summed E-state index contributed by atoms with van der Waals surface area (Å²) in [6.07, 6.45) is 1.77. The van der Waals surface area contributed by atoms with Crippen molar-refractivity contribution >= 4 is 22.7 Å². The first-order valence-electron chi connectivity index (χ1n) is 9.33. The first-order valence-corrected chi connectivity index (χ1v) is 9.33. The molecule has 3 aromatic rings. The number of nitrogens with zero attached hydrogens (tertiary/aromatic N) is 5. The SMILES string of the molecule is Cc1nc2ccc(C3=CCc4nc(NCC(C)(C)F)ncc43)nc2n1CC(F)F.[HH]. The highest BCUT2D eigenvalue weighted by atomic mass is 19.3. The van der Waals surface area contributed by atoms with Gasteiger partial charge < -0.3 is 9.88 Å². The second-order valence-electron chi connectivity index (χ2n) is 7.65. The number of alkyl halides is 3. The number of hydrogen-bond donors (Lipinski definition) is 1. The zero-order valence-corrected chi connectivity index (χ0v) is 16.4. The van der Waals surface area contributed by atoms with Crippen LogP contribution < -0.4 is 5.32 Å². The molecular formula is C20H23F3N6. The maximum absolute atomic E-state index is 13.7. The van der Waals surface area contributed by atoms with Gasteiger partial charge >= 0.3 is 0 Å². The van der Waals surface area contributed by atoms with E-state index in [4.69, 9.17) is 0 Å². The Balaban J connectivity index is 0.00000256. The van der Waals surface area contributed by atoms with E-state index in [9.17, 15) is 13.2 Å². The van der Waals surface area contributed by atoms with Gasteiger partial charge in [-0.3, -0.25) is 0 Å². The molecule has 29 heavy (non-hydrogen) atoms. The molecule has 0 saturated carbocycles. The zero-order valence-electron chi connectivity index (χ0n) is 16.4. The molecule has 0 unspecified atom stereocenters. The van der Waals surface area contributed by atoms with Gasteiger partial charge in [0.2, 0.25) is 5.95 Å². The topological polar surface area (TPSA) is 68.5 Å². The molecule has 0 atom stereocenters. The van der Waals surface area contributed by atoms with E-state index >= 15 is 0 Å². The van der Waals surface area contributed by atoms with Crippen LogP contribution in [0.1, 0.15) is 38.0 Å². The molecule has 0 aromatic carbocycles. The second-order valence-corrected chi connectivity index (χ2v) is 7.65. The van der Waals surface area contributed by atoms with Crippen LogP contribution in [0.5, 0.6) is 0 Å². The lowest BCUT2D eigenvalue weighted by Gasteiger charge is -2.15. The van der Waals surface area contributed by atoms with Gasteiger partial charge in [0, 0.05) is 25.2 Å². The quantitative estimate of drug-likeness (QED) is 0.667. The fourth-order valence-electron chi connectivity index (χ4n) is 3.34. The largest absolute Gasteiger partial charge is 0.351 e. The molecule has 3 aromatic heterocycles. The Hall–Kier alpha value is -2.97. The summed E-state index contributed by atoms with van der Waals surface area (Å²) >= 11 is 0. The van der Waals surface area contributed by atoms with Gasteiger partial charge in [0.25, 0.3) is 6.43 Å². The van der Waals surface area contributed by atoms with Crippen LogP contribution in [0.15, 0.2) is 24.4 Å². The fourth-order valence-corrected chi connectivity index (χ4v) is 3.34. The van der Waals surface area contributed by atoms with E-state index in [1.54, 1.807) is 19.2 Å². The van der Waals surface area contributed by atoms with Gasteiger partial charge in [-0.05, 0) is 32.9 Å². The predicted molar refractivity (Wildman–Crippen MR) is 107 cm³/mol. The van der Waals surface area contributed by atoms with Gasteiger partial charge in [0.1, 0.15) is 17.0 Å². The molecule has 6 nitrogen and oxygen atoms in total. The molecule has 3 heterocycles. The van der Waals surface area contributed by atoms with E-state index in [-0.39, 0.29) is 7.97 Å². The van der Waals surface area contributed by atoms with Gasteiger partial charge in [-0.15, -0.1) is 0 Å². The first-order chi connectivity index (χ1) is 13.7. The summed E-state index contributed by atoms with van der Waals surface area (Å²) in [5.74, 6) is 0.874. The van der Waals surface area contributed by atoms with Crippen LogP contribution in [0, 0.1) is 6.92 Å². The van der Waals surface area contributed by atoms with Crippen LogP contribution in [-0.2, 0) is 13.0 Å². The summed E-state index contributed by atoms with van der Waals surface area (Å²) < 4.78 is 41.0. The number of hydrogen-bond acceptors (Lipinski definition) is 5. The number of nitrogens with one attached hydrogen (secondary N) is 1. The monoisotopic (exact) mass is 404 g/mol. The second kappa shape index (κ2) is 7.13. The van der Waals surface area contributed by atoms with E-state index in [1.165, 1.54) is 18.4 Å². The van der Waals surface area contributed by atoms with Crippen LogP contribution in [-0.4, -0.2) is 43.1 Å². The Morgan fingerprint density at radius 3 is 2.76 bits per heavy atom. The van der Waals surface area contributed by atoms with Gasteiger partial charge in [-0.1, -0.05) is 6.08 Å². The Labute approximate surface area is 167 Å². The van der Waals surface area contributed by atoms with Crippen molar-refractivity contribution in [3.8, 4) is 0 Å². The molecule has 0 fully saturated rings. The van der Waals surface area contributed by atoms with E-state index in [0.717, 1.165) is 16.8 Å². The summed E-state index contributed by atoms with van der Waals surface area (Å²) in [6, 6.07) is 3.60. The number of aryl methyl sites for hydroxylation is 1. The first kappa shape index (κ1) is 19.4. The third kappa shape index (κ3) is 3.94. The molecule has 1 N–H and O–H groups in total. The van der Waals surface area contributed by atoms with Crippen LogP contribution in [0.2, 0.25) is 0 Å². The van der Waals surface area contributed by atoms with Crippen molar-refractivity contribution in [2.45, 2.75) is 45.8 Å². The van der Waals surface area contributed by atoms with Crippen molar-refractivity contribution < 1.29 is 14.6 Å². The summed E-state index contributed by atoms with van der Waals surface area (Å²) in [5.41, 5.74) is 2.79. The highest BCUT2D eigenvalue weighted by molar-refractivity contribution is 5.85. The standard InChI is InChI=1S/C20H21F3N6.H2/c1-11-26-16-7-6-14(27-18(16)29(11)9-17(21)22)12-4-5-15-13(12)8-24-19(28-15)25-10-20(2,3)23;/h4,6-8,17H,5,9-10H2,1-3H3,(H,24,25,28);1H. The van der Waals surface area contributed by atoms with Gasteiger partial charge in [0.15, 0.2) is 5.65 Å². The maximum Gasteiger partial charge on any atom is 0.256 e. The molecule has 1 aliphatic rings. The van der Waals surface area contributed by atoms with E-state index in [0.29, 0.717) is 35.1 Å². The third-order valence-corrected chi connectivity index (χ3v) is 4.70. The molecule has 1 aliphatic carbocycles. The molecule has 4 rings (SSSR count). The van der Waals surface area contributed by atoms with Crippen molar-refractivity contribution in [2.75, 3.05) is 11.9 Å². The minimum atomic E-state index is -2.49. The van der Waals surface area contributed by atoms with Gasteiger partial charge in [0.05, 0.1) is 24.5 Å². The van der Waals surface area contributed by atoms with Crippen molar-refractivity contribution in [1.82, 2.24) is 24.5 Å². The van der Waals surface area contributed by atoms with Crippen molar-refractivity contribution in [1.29, 1.82) is 0 Å². The molecule has 9 heteroatoms. The molecule has 0 spiro atoms. The minimum absolute atomic E-state index is 0. The predicted octanol–water partition coefficient (Wildman–Crippen LogP) is 4.19. The Kier molecular flexibility index (Phi) is 4.76. The number of anilines is 1. The average molecular weight is 404 g/mol. The maximum atomic E-state index is 13.7. The number of aromatic nitrogens is 5. The van der Waals surface area contributed by atoms with Crippen molar-refractivity contribution in [3.05, 3.63) is 47.2 Å². The van der Waals surface area contributed by atoms with Crippen molar-refractivity contribution in [3.63, 3.8) is 0 Å². The van der Waals surface area contributed by atoms with Crippen molar-refractivity contribution in [2.24, 2.45) is 0 Å². The lowest BCUT2D eigenvalue weighted by atomic mass is 10.1. The number of fused-ring (bicyclic) bond motifs is 2. The lowest BCUT2D eigenvalue weighted by molar-refractivity contribution is 0.127. The molecule has 154 valence electrons. The summed E-state index contributed by atoms with van der Waals surface area (Å²) in [7, 11) is 0. The summed E-state index contributed by atoms with van der Waals surface area (Å²) in [6.45, 7) is 4.31. The van der Waals surface area contributed by atoms with E-state index < -0.39 is 18.6 Å². The van der Waals surface area contributed by atoms with E-state index in [1.807, 2.05) is 12.1 Å². The van der Waals surface area contributed by atoms with Crippen LogP contribution >= 0.6 is 0 Å². The van der Waals surface area contributed by atoms with Crippen LogP contribution in [0.25, 0.3) is 16.7 Å². The Bertz CT molecular complexity index is 1100. The normalized spacial score (nSPS) is 13.8. The van der Waals surface area contributed by atoms with E-state index in [2.05, 4.69) is 25.3 Å². The molecular weight excluding hydrogens is 381 g/mol. The Morgan fingerprint density at radius 2 is 2.03 bits per heavy atom. The molecule has 0 bridgehead atoms. The van der Waals surface area contributed by atoms with Gasteiger partial charge in [-0.2, -0.15) is 0 Å². The minimum Gasteiger partial charge on any atom is -0.351 e. The fraction of sp³-hybridized carbons (Fsp3) is 0.400. The number of allylic oxidation sites excluding steroid dienone is 1. The number of imidazole rings is 1. The average Bonchev–Trinajstić information content (AvgIpc) is 3.19. The van der Waals surface area contributed by atoms with Crippen LogP contribution in [0.4, 0.5) is 19.1 Å². The third-order valence-electron chi connectivity index (χ3n) is 4.70. The summed E-state index contributed by atoms with van der Waals surface area (Å²) in [5, 5.41) is 2.90. The van der Waals surface area contributed by atoms with Gasteiger partial charge in [-0.25, -0.2) is 33.1 Å². The zero-order chi connectivity index (χ0) is 20.8. The summed E-state index contributed by atoms with van der Waals surface area (Å²) in [4.78, 5) is 17.7. The molecule has 0 saturated heterocycles. The highest BCUT2D eigenvalue weighted by Gasteiger charge is 2.22. The lowest BCUT2D eigenvalue weighted by Crippen LogP contribution is -2.25. The number of pyridine rings is 1. The highest BCUT2D eigenvalue weighted by Crippen LogP contribution is 2.32. The van der Waals surface area contributed by atoms with Crippen LogP contribution in [0.3, 0.4) is 0 Å². The molecule has 0 aliphatic heterocycles. The molecule has 0 radical (unpaired) electrons. The molecule has 0 amide bonds. The Morgan fingerprint density at radius 1 is 1.24 bits per heavy atom. The number of rotatable bonds is 6. The smallest absolute Gasteiger partial charge is 0.256 e. The number of halogens is 3.